The maximum atomic E-state index is 5.33. The van der Waals surface area contributed by atoms with Crippen LogP contribution in [0.25, 0.3) is 0 Å². The third-order valence-corrected chi connectivity index (χ3v) is 1.69. The van der Waals surface area contributed by atoms with Crippen molar-refractivity contribution in [3.63, 3.8) is 0 Å². The summed E-state index contributed by atoms with van der Waals surface area (Å²) >= 11 is 4.11. The summed E-state index contributed by atoms with van der Waals surface area (Å²) < 4.78 is 10.6. The second kappa shape index (κ2) is 9.36. The topological polar surface area (TPSA) is 18.5 Å². The highest BCUT2D eigenvalue weighted by Gasteiger charge is 1.92. The molecule has 0 N–H and O–H groups in total. The fraction of sp³-hybridized carbons (Fsp3) is 1.00. The summed E-state index contributed by atoms with van der Waals surface area (Å²) in [6.45, 7) is 6.31. The van der Waals surface area contributed by atoms with Crippen LogP contribution in [-0.2, 0) is 9.47 Å². The third kappa shape index (κ3) is 10.3. The molecule has 0 atom stereocenters. The molecular formula is C9H20O2S. The van der Waals surface area contributed by atoms with Crippen molar-refractivity contribution in [2.45, 2.75) is 32.8 Å². The van der Waals surface area contributed by atoms with Crippen molar-refractivity contribution < 1.29 is 9.47 Å². The molecule has 3 heteroatoms. The Labute approximate surface area is 81.0 Å². The molecule has 12 heavy (non-hydrogen) atoms. The normalized spacial score (nSPS) is 11.0. The average molecular weight is 192 g/mol. The molecule has 0 saturated carbocycles. The fourth-order valence-electron chi connectivity index (χ4n) is 0.761. The highest BCUT2D eigenvalue weighted by molar-refractivity contribution is 7.80. The van der Waals surface area contributed by atoms with E-state index in [2.05, 4.69) is 12.6 Å². The molecule has 0 aromatic carbocycles. The van der Waals surface area contributed by atoms with Crippen LogP contribution in [-0.4, -0.2) is 31.7 Å². The van der Waals surface area contributed by atoms with E-state index in [4.69, 9.17) is 9.47 Å². The molecular weight excluding hydrogens is 172 g/mol. The van der Waals surface area contributed by atoms with E-state index in [1.54, 1.807) is 0 Å². The molecule has 0 aromatic rings. The summed E-state index contributed by atoms with van der Waals surface area (Å²) in [4.78, 5) is 0. The smallest absolute Gasteiger partial charge is 0.0703 e. The van der Waals surface area contributed by atoms with Crippen LogP contribution < -0.4 is 0 Å². The van der Waals surface area contributed by atoms with Gasteiger partial charge in [0, 0.05) is 6.61 Å². The summed E-state index contributed by atoms with van der Waals surface area (Å²) in [6.07, 6.45) is 2.55. The van der Waals surface area contributed by atoms with Crippen molar-refractivity contribution in [2.75, 3.05) is 25.6 Å². The summed E-state index contributed by atoms with van der Waals surface area (Å²) in [7, 11) is 0. The molecule has 0 amide bonds. The Balaban J connectivity index is 2.82. The zero-order valence-electron chi connectivity index (χ0n) is 8.08. The highest BCUT2D eigenvalue weighted by atomic mass is 32.1. The van der Waals surface area contributed by atoms with E-state index in [0.717, 1.165) is 25.2 Å². The monoisotopic (exact) mass is 192 g/mol. The second-order valence-corrected chi connectivity index (χ2v) is 3.41. The highest BCUT2D eigenvalue weighted by Crippen LogP contribution is 1.92. The first kappa shape index (κ1) is 12.3. The molecule has 0 saturated heterocycles. The first-order valence-electron chi connectivity index (χ1n) is 4.57. The zero-order chi connectivity index (χ0) is 9.23. The molecule has 0 heterocycles. The number of hydrogen-bond donors (Lipinski definition) is 1. The van der Waals surface area contributed by atoms with Gasteiger partial charge >= 0.3 is 0 Å². The lowest BCUT2D eigenvalue weighted by atomic mass is 10.4. The predicted octanol–water partition coefficient (Wildman–Crippen LogP) is 2.14. The number of ether oxygens (including phenoxy) is 2. The maximum absolute atomic E-state index is 5.33. The minimum atomic E-state index is 0.311. The molecule has 0 bridgehead atoms. The molecule has 0 aliphatic carbocycles. The Morgan fingerprint density at radius 3 is 2.42 bits per heavy atom. The predicted molar refractivity (Wildman–Crippen MR) is 55.0 cm³/mol. The van der Waals surface area contributed by atoms with E-state index < -0.39 is 0 Å². The quantitative estimate of drug-likeness (QED) is 0.469. The van der Waals surface area contributed by atoms with Crippen LogP contribution in [0.2, 0.25) is 0 Å². The van der Waals surface area contributed by atoms with Crippen LogP contribution in [0.3, 0.4) is 0 Å². The van der Waals surface area contributed by atoms with Gasteiger partial charge in [0.05, 0.1) is 19.3 Å². The summed E-state index contributed by atoms with van der Waals surface area (Å²) in [5, 5.41) is 0. The van der Waals surface area contributed by atoms with Gasteiger partial charge in [-0.2, -0.15) is 12.6 Å². The van der Waals surface area contributed by atoms with Crippen LogP contribution in [0.15, 0.2) is 0 Å². The molecule has 0 rings (SSSR count). The van der Waals surface area contributed by atoms with Crippen molar-refractivity contribution in [3.05, 3.63) is 0 Å². The molecule has 0 unspecified atom stereocenters. The minimum Gasteiger partial charge on any atom is -0.379 e. The van der Waals surface area contributed by atoms with Gasteiger partial charge in [-0.3, -0.25) is 0 Å². The minimum absolute atomic E-state index is 0.311. The molecule has 0 aromatic heterocycles. The van der Waals surface area contributed by atoms with Gasteiger partial charge in [-0.1, -0.05) is 0 Å². The Morgan fingerprint density at radius 2 is 1.83 bits per heavy atom. The third-order valence-electron chi connectivity index (χ3n) is 1.38. The summed E-state index contributed by atoms with van der Waals surface area (Å²) in [6, 6.07) is 0. The van der Waals surface area contributed by atoms with E-state index >= 15 is 0 Å². The van der Waals surface area contributed by atoms with E-state index in [-0.39, 0.29) is 0 Å². The molecule has 74 valence electrons. The van der Waals surface area contributed by atoms with Gasteiger partial charge in [0.1, 0.15) is 0 Å². The fourth-order valence-corrected chi connectivity index (χ4v) is 0.984. The molecule has 0 radical (unpaired) electrons. The van der Waals surface area contributed by atoms with Crippen molar-refractivity contribution in [3.8, 4) is 0 Å². The molecule has 0 spiro atoms. The number of thiol groups is 1. The van der Waals surface area contributed by atoms with E-state index in [9.17, 15) is 0 Å². The second-order valence-electron chi connectivity index (χ2n) is 2.96. The maximum Gasteiger partial charge on any atom is 0.0703 e. The van der Waals surface area contributed by atoms with Crippen LogP contribution in [0.5, 0.6) is 0 Å². The van der Waals surface area contributed by atoms with Crippen molar-refractivity contribution in [1.29, 1.82) is 0 Å². The van der Waals surface area contributed by atoms with Gasteiger partial charge in [-0.25, -0.2) is 0 Å². The first-order valence-corrected chi connectivity index (χ1v) is 5.21. The van der Waals surface area contributed by atoms with E-state index in [0.29, 0.717) is 19.3 Å². The van der Waals surface area contributed by atoms with Crippen LogP contribution in [0, 0.1) is 0 Å². The van der Waals surface area contributed by atoms with E-state index in [1.165, 1.54) is 0 Å². The first-order chi connectivity index (χ1) is 5.77. The van der Waals surface area contributed by atoms with Gasteiger partial charge in [-0.15, -0.1) is 0 Å². The van der Waals surface area contributed by atoms with E-state index in [1.807, 2.05) is 13.8 Å². The van der Waals surface area contributed by atoms with Gasteiger partial charge < -0.3 is 9.47 Å². The van der Waals surface area contributed by atoms with Gasteiger partial charge in [-0.05, 0) is 32.4 Å². The van der Waals surface area contributed by atoms with Crippen LogP contribution in [0.1, 0.15) is 26.7 Å². The standard InChI is InChI=1S/C9H20O2S/c1-9(2)11-7-6-10-5-3-4-8-12/h9,12H,3-8H2,1-2H3. The Bertz CT molecular complexity index is 86.6. The lowest BCUT2D eigenvalue weighted by molar-refractivity contribution is 0.0190. The van der Waals surface area contributed by atoms with Gasteiger partial charge in [0.15, 0.2) is 0 Å². The van der Waals surface area contributed by atoms with Crippen LogP contribution >= 0.6 is 12.6 Å². The van der Waals surface area contributed by atoms with Crippen LogP contribution in [0.4, 0.5) is 0 Å². The summed E-state index contributed by atoms with van der Waals surface area (Å²) in [5.74, 6) is 0.950. The Morgan fingerprint density at radius 1 is 1.08 bits per heavy atom. The SMILES string of the molecule is CC(C)OCCOCCCCS. The van der Waals surface area contributed by atoms with Gasteiger partial charge in [0.25, 0.3) is 0 Å². The number of rotatable bonds is 8. The van der Waals surface area contributed by atoms with Crippen molar-refractivity contribution in [2.24, 2.45) is 0 Å². The molecule has 0 fully saturated rings. The largest absolute Gasteiger partial charge is 0.379 e. The van der Waals surface area contributed by atoms with Gasteiger partial charge in [0.2, 0.25) is 0 Å². The molecule has 2 nitrogen and oxygen atoms in total. The zero-order valence-corrected chi connectivity index (χ0v) is 8.98. The molecule has 0 aliphatic rings. The lowest BCUT2D eigenvalue weighted by Crippen LogP contribution is -2.10. The lowest BCUT2D eigenvalue weighted by Gasteiger charge is -2.07. The number of unbranched alkanes of at least 4 members (excludes halogenated alkanes) is 1. The van der Waals surface area contributed by atoms with Crippen molar-refractivity contribution >= 4 is 12.6 Å². The Kier molecular flexibility index (Phi) is 9.57. The summed E-state index contributed by atoms with van der Waals surface area (Å²) in [5.41, 5.74) is 0. The number of hydrogen-bond acceptors (Lipinski definition) is 3. The van der Waals surface area contributed by atoms with Crippen molar-refractivity contribution in [1.82, 2.24) is 0 Å². The average Bonchev–Trinajstić information content (AvgIpc) is 2.02. The Hall–Kier alpha value is 0.270. The molecule has 0 aliphatic heterocycles.